The Balaban J connectivity index is 3.14. The number of hydrogen-bond donors (Lipinski definition) is 1. The van der Waals surface area contributed by atoms with Crippen LogP contribution in [-0.4, -0.2) is 15.0 Å². The van der Waals surface area contributed by atoms with Gasteiger partial charge in [0.25, 0.3) is 0 Å². The molecule has 0 aromatic heterocycles. The Morgan fingerprint density at radius 2 is 2.27 bits per heavy atom. The highest BCUT2D eigenvalue weighted by Gasteiger charge is 2.41. The van der Waals surface area contributed by atoms with Gasteiger partial charge in [-0.05, 0) is 20.3 Å². The molecule has 3 heteroatoms. The number of carbonyl (C=O) groups excluding carboxylic acids is 1. The molecule has 0 saturated heterocycles. The zero-order valence-corrected chi connectivity index (χ0v) is 10.1. The van der Waals surface area contributed by atoms with E-state index in [0.717, 1.165) is 5.57 Å². The van der Waals surface area contributed by atoms with E-state index in [0.29, 0.717) is 12.0 Å². The van der Waals surface area contributed by atoms with Crippen LogP contribution >= 0.6 is 11.8 Å². The van der Waals surface area contributed by atoms with Crippen molar-refractivity contribution in [2.24, 2.45) is 0 Å². The Morgan fingerprint density at radius 1 is 1.67 bits per heavy atom. The molecule has 2 nitrogen and oxygen atoms in total. The predicted octanol–water partition coefficient (Wildman–Crippen LogP) is 3.37. The summed E-state index contributed by atoms with van der Waals surface area (Å²) in [5.74, 6) is 0.196. The fourth-order valence-corrected chi connectivity index (χ4v) is 2.82. The zero-order chi connectivity index (χ0) is 11.6. The molecule has 82 valence electrons. The summed E-state index contributed by atoms with van der Waals surface area (Å²) in [4.78, 5) is 11.6. The molecule has 15 heavy (non-hydrogen) atoms. The van der Waals surface area contributed by atoms with Crippen LogP contribution in [0.4, 0.5) is 0 Å². The largest absolute Gasteiger partial charge is 0.510 e. The molecule has 0 aliphatic carbocycles. The lowest BCUT2D eigenvalue weighted by molar-refractivity contribution is -0.107. The third-order valence-corrected chi connectivity index (χ3v) is 3.65. The Kier molecular flexibility index (Phi) is 3.45. The molecule has 0 fully saturated rings. The molecule has 1 atom stereocenters. The average molecular weight is 224 g/mol. The van der Waals surface area contributed by atoms with Crippen molar-refractivity contribution in [3.63, 3.8) is 0 Å². The molecule has 1 heterocycles. The summed E-state index contributed by atoms with van der Waals surface area (Å²) < 4.78 is -0.610. The van der Waals surface area contributed by atoms with Crippen molar-refractivity contribution >= 4 is 16.9 Å². The minimum absolute atomic E-state index is 0.0226. The topological polar surface area (TPSA) is 37.3 Å². The minimum atomic E-state index is -0.610. The summed E-state index contributed by atoms with van der Waals surface area (Å²) in [6.45, 7) is 9.28. The van der Waals surface area contributed by atoms with Crippen molar-refractivity contribution in [1.82, 2.24) is 0 Å². The second-order valence-corrected chi connectivity index (χ2v) is 5.19. The molecule has 0 amide bonds. The van der Waals surface area contributed by atoms with Crippen LogP contribution in [0.25, 0.3) is 0 Å². The first-order valence-corrected chi connectivity index (χ1v) is 5.74. The Labute approximate surface area is 94.8 Å². The van der Waals surface area contributed by atoms with E-state index < -0.39 is 4.75 Å². The van der Waals surface area contributed by atoms with Crippen molar-refractivity contribution in [1.29, 1.82) is 0 Å². The number of carbonyl (C=O) groups is 1. The Hall–Kier alpha value is -0.960. The van der Waals surface area contributed by atoms with Crippen molar-refractivity contribution in [3.05, 3.63) is 35.6 Å². The molecule has 0 aromatic carbocycles. The van der Waals surface area contributed by atoms with Gasteiger partial charge in [-0.2, -0.15) is 0 Å². The summed E-state index contributed by atoms with van der Waals surface area (Å²) in [5.41, 5.74) is 1.50. The van der Waals surface area contributed by atoms with Crippen LogP contribution in [0.2, 0.25) is 0 Å². The van der Waals surface area contributed by atoms with E-state index in [2.05, 4.69) is 6.58 Å². The van der Waals surface area contributed by atoms with Crippen LogP contribution in [0.5, 0.6) is 0 Å². The zero-order valence-electron chi connectivity index (χ0n) is 9.33. The van der Waals surface area contributed by atoms with Gasteiger partial charge in [-0.25, -0.2) is 0 Å². The maximum absolute atomic E-state index is 11.6. The Bertz CT molecular complexity index is 366. The lowest BCUT2D eigenvalue weighted by Gasteiger charge is -2.18. The van der Waals surface area contributed by atoms with Gasteiger partial charge >= 0.3 is 0 Å². The molecule has 0 radical (unpaired) electrons. The Morgan fingerprint density at radius 3 is 2.67 bits per heavy atom. The van der Waals surface area contributed by atoms with Gasteiger partial charge in [-0.1, -0.05) is 43.0 Å². The molecule has 1 unspecified atom stereocenters. The van der Waals surface area contributed by atoms with Crippen molar-refractivity contribution in [3.8, 4) is 0 Å². The molecule has 0 spiro atoms. The summed E-state index contributed by atoms with van der Waals surface area (Å²) in [6.07, 6.45) is 4.17. The van der Waals surface area contributed by atoms with Crippen LogP contribution in [0.3, 0.4) is 0 Å². The molecule has 0 aromatic rings. The second kappa shape index (κ2) is 4.27. The van der Waals surface area contributed by atoms with Gasteiger partial charge in [0.2, 0.25) is 5.12 Å². The number of allylic oxidation sites excluding steroid dienone is 2. The maximum atomic E-state index is 11.6. The number of thioether (sulfide) groups is 1. The first kappa shape index (κ1) is 12.1. The highest BCUT2D eigenvalue weighted by Crippen LogP contribution is 2.44. The first-order valence-electron chi connectivity index (χ1n) is 4.92. The lowest BCUT2D eigenvalue weighted by atomic mass is 10.0. The maximum Gasteiger partial charge on any atom is 0.220 e. The van der Waals surface area contributed by atoms with E-state index in [4.69, 9.17) is 0 Å². The fourth-order valence-electron chi connectivity index (χ4n) is 1.60. The van der Waals surface area contributed by atoms with Gasteiger partial charge in [0.05, 0.1) is 4.75 Å². The predicted molar refractivity (Wildman–Crippen MR) is 64.9 cm³/mol. The summed E-state index contributed by atoms with van der Waals surface area (Å²) in [5, 5.41) is 9.96. The molecule has 1 aliphatic rings. The monoisotopic (exact) mass is 224 g/mol. The van der Waals surface area contributed by atoms with Crippen LogP contribution in [-0.2, 0) is 4.79 Å². The van der Waals surface area contributed by atoms with Gasteiger partial charge in [0.15, 0.2) is 0 Å². The van der Waals surface area contributed by atoms with Gasteiger partial charge in [0, 0.05) is 5.57 Å². The molecule has 1 rings (SSSR count). The second-order valence-electron chi connectivity index (χ2n) is 3.77. The summed E-state index contributed by atoms with van der Waals surface area (Å²) in [6, 6.07) is 0. The third kappa shape index (κ3) is 2.17. The number of aliphatic hydroxyl groups excluding tert-OH is 1. The van der Waals surface area contributed by atoms with Crippen LogP contribution in [0, 0.1) is 0 Å². The normalized spacial score (nSPS) is 27.4. The molecule has 1 N–H and O–H groups in total. The number of hydrogen-bond acceptors (Lipinski definition) is 3. The SMILES string of the molecule is C=C/C(C)=C/C1(C)SC(=O)C(CC)=C1O. The molecule has 0 saturated carbocycles. The number of aliphatic hydroxyl groups is 1. The molecular weight excluding hydrogens is 208 g/mol. The summed E-state index contributed by atoms with van der Waals surface area (Å²) in [7, 11) is 0. The standard InChI is InChI=1S/C12H16O2S/c1-5-8(3)7-12(4)10(13)9(6-2)11(14)15-12/h5,7,13H,1,6H2,2-4H3/b8-7+. The van der Waals surface area contributed by atoms with Crippen molar-refractivity contribution < 1.29 is 9.90 Å². The van der Waals surface area contributed by atoms with Crippen molar-refractivity contribution in [2.75, 3.05) is 0 Å². The number of rotatable bonds is 3. The average Bonchev–Trinajstić information content (AvgIpc) is 2.37. The van der Waals surface area contributed by atoms with E-state index in [1.54, 1.807) is 6.08 Å². The van der Waals surface area contributed by atoms with Crippen LogP contribution < -0.4 is 0 Å². The van der Waals surface area contributed by atoms with Gasteiger partial charge in [-0.3, -0.25) is 4.79 Å². The van der Waals surface area contributed by atoms with Crippen LogP contribution in [0.1, 0.15) is 27.2 Å². The molecule has 1 aliphatic heterocycles. The quantitative estimate of drug-likeness (QED) is 0.747. The van der Waals surface area contributed by atoms with E-state index >= 15 is 0 Å². The smallest absolute Gasteiger partial charge is 0.220 e. The summed E-state index contributed by atoms with van der Waals surface area (Å²) >= 11 is 1.17. The first-order chi connectivity index (χ1) is 6.94. The van der Waals surface area contributed by atoms with Gasteiger partial charge in [0.1, 0.15) is 5.76 Å². The minimum Gasteiger partial charge on any atom is -0.510 e. The highest BCUT2D eigenvalue weighted by molar-refractivity contribution is 8.16. The van der Waals surface area contributed by atoms with Gasteiger partial charge in [-0.15, -0.1) is 0 Å². The third-order valence-electron chi connectivity index (χ3n) is 2.49. The van der Waals surface area contributed by atoms with Crippen LogP contribution in [0.15, 0.2) is 35.6 Å². The highest BCUT2D eigenvalue weighted by atomic mass is 32.2. The fraction of sp³-hybridized carbons (Fsp3) is 0.417. The molecular formula is C12H16O2S. The van der Waals surface area contributed by atoms with Crippen molar-refractivity contribution in [2.45, 2.75) is 31.9 Å². The van der Waals surface area contributed by atoms with E-state index in [-0.39, 0.29) is 10.9 Å². The van der Waals surface area contributed by atoms with E-state index in [9.17, 15) is 9.90 Å². The molecule has 0 bridgehead atoms. The van der Waals surface area contributed by atoms with E-state index in [1.165, 1.54) is 11.8 Å². The lowest BCUT2D eigenvalue weighted by Crippen LogP contribution is -2.17. The van der Waals surface area contributed by atoms with Gasteiger partial charge < -0.3 is 5.11 Å². The van der Waals surface area contributed by atoms with E-state index in [1.807, 2.05) is 26.8 Å².